The molecule has 0 radical (unpaired) electrons. The Labute approximate surface area is 187 Å². The smallest absolute Gasteiger partial charge is 0.407 e. The van der Waals surface area contributed by atoms with E-state index in [2.05, 4.69) is 49.4 Å². The van der Waals surface area contributed by atoms with E-state index in [1.165, 1.54) is 11.3 Å². The number of amides is 1. The van der Waals surface area contributed by atoms with Gasteiger partial charge in [0.05, 0.1) is 6.20 Å². The SMILES string of the molecule is C=C/C=N\c1cnc(Nc2cc(C)nc(NC(CC)CCNC(=O)OC(C)(C)C)n2)s1. The molecule has 0 aliphatic heterocycles. The molecule has 3 N–H and O–H groups in total. The predicted octanol–water partition coefficient (Wildman–Crippen LogP) is 4.98. The molecular formula is C21H31N7O2S. The van der Waals surface area contributed by atoms with Gasteiger partial charge in [0.15, 0.2) is 5.13 Å². The lowest BCUT2D eigenvalue weighted by Crippen LogP contribution is -2.35. The zero-order chi connectivity index (χ0) is 22.9. The second kappa shape index (κ2) is 11.4. The first-order valence-corrected chi connectivity index (χ1v) is 11.0. The van der Waals surface area contributed by atoms with Crippen LogP contribution in [0.5, 0.6) is 0 Å². The van der Waals surface area contributed by atoms with Crippen LogP contribution in [0.2, 0.25) is 0 Å². The zero-order valence-electron chi connectivity index (χ0n) is 18.7. The number of thiazole rings is 1. The van der Waals surface area contributed by atoms with E-state index in [1.54, 1.807) is 18.5 Å². The average Bonchev–Trinajstić information content (AvgIpc) is 3.10. The standard InChI is InChI=1S/C21H31N7O2S/c1-7-10-22-17-13-24-19(31-17)28-16-12-14(3)25-18(27-16)26-15(8-2)9-11-23-20(29)30-21(4,5)6/h7,10,12-13,15H,1,8-9,11H2,2-6H3,(H,23,29)(H2,24,25,26,27,28)/b22-10-. The van der Waals surface area contributed by atoms with Gasteiger partial charge >= 0.3 is 6.09 Å². The van der Waals surface area contributed by atoms with Crippen molar-refractivity contribution in [3.05, 3.63) is 30.6 Å². The number of aromatic nitrogens is 3. The van der Waals surface area contributed by atoms with Gasteiger partial charge in [-0.15, -0.1) is 0 Å². The number of nitrogens with one attached hydrogen (secondary N) is 3. The summed E-state index contributed by atoms with van der Waals surface area (Å²) < 4.78 is 5.26. The quantitative estimate of drug-likeness (QED) is 0.442. The van der Waals surface area contributed by atoms with Gasteiger partial charge in [-0.05, 0) is 40.5 Å². The second-order valence-corrected chi connectivity index (χ2v) is 8.84. The highest BCUT2D eigenvalue weighted by Gasteiger charge is 2.16. The summed E-state index contributed by atoms with van der Waals surface area (Å²) in [6.45, 7) is 13.6. The van der Waals surface area contributed by atoms with Crippen molar-refractivity contribution >= 4 is 45.5 Å². The fourth-order valence-corrected chi connectivity index (χ4v) is 3.22. The summed E-state index contributed by atoms with van der Waals surface area (Å²) >= 11 is 1.41. The topological polar surface area (TPSA) is 113 Å². The molecule has 1 unspecified atom stereocenters. The summed E-state index contributed by atoms with van der Waals surface area (Å²) in [5, 5.41) is 10.8. The lowest BCUT2D eigenvalue weighted by Gasteiger charge is -2.21. The molecule has 0 saturated heterocycles. The van der Waals surface area contributed by atoms with Crippen LogP contribution in [0.1, 0.15) is 46.2 Å². The summed E-state index contributed by atoms with van der Waals surface area (Å²) in [4.78, 5) is 29.4. The van der Waals surface area contributed by atoms with Crippen molar-refractivity contribution in [3.8, 4) is 0 Å². The monoisotopic (exact) mass is 445 g/mol. The molecule has 31 heavy (non-hydrogen) atoms. The van der Waals surface area contributed by atoms with Crippen LogP contribution in [0, 0.1) is 6.92 Å². The number of nitrogens with zero attached hydrogens (tertiary/aromatic N) is 4. The summed E-state index contributed by atoms with van der Waals surface area (Å²) in [6.07, 6.45) is 6.08. The number of carbonyl (C=O) groups is 1. The maximum Gasteiger partial charge on any atom is 0.407 e. The van der Waals surface area contributed by atoms with Crippen molar-refractivity contribution in [2.24, 2.45) is 4.99 Å². The molecule has 1 atom stereocenters. The van der Waals surface area contributed by atoms with Crippen LogP contribution in [-0.4, -0.2) is 45.4 Å². The van der Waals surface area contributed by atoms with Crippen molar-refractivity contribution in [1.82, 2.24) is 20.3 Å². The second-order valence-electron chi connectivity index (χ2n) is 7.83. The van der Waals surface area contributed by atoms with E-state index in [9.17, 15) is 4.79 Å². The largest absolute Gasteiger partial charge is 0.444 e. The van der Waals surface area contributed by atoms with Crippen LogP contribution >= 0.6 is 11.3 Å². The molecule has 0 spiro atoms. The Bertz CT molecular complexity index is 905. The van der Waals surface area contributed by atoms with Gasteiger partial charge in [0.25, 0.3) is 0 Å². The van der Waals surface area contributed by atoms with Crippen LogP contribution in [0.3, 0.4) is 0 Å². The number of rotatable bonds is 10. The Hall–Kier alpha value is -3.01. The lowest BCUT2D eigenvalue weighted by molar-refractivity contribution is 0.0526. The van der Waals surface area contributed by atoms with Crippen LogP contribution in [0.4, 0.5) is 26.7 Å². The van der Waals surface area contributed by atoms with Gasteiger partial charge < -0.3 is 20.7 Å². The Morgan fingerprint density at radius 2 is 2.16 bits per heavy atom. The van der Waals surface area contributed by atoms with E-state index in [0.717, 1.165) is 17.1 Å². The van der Waals surface area contributed by atoms with Gasteiger partial charge in [0.2, 0.25) is 5.95 Å². The zero-order valence-corrected chi connectivity index (χ0v) is 19.5. The van der Waals surface area contributed by atoms with Crippen molar-refractivity contribution in [1.29, 1.82) is 0 Å². The Kier molecular flexibility index (Phi) is 8.92. The molecule has 10 heteroatoms. The van der Waals surface area contributed by atoms with Crippen LogP contribution in [-0.2, 0) is 4.74 Å². The van der Waals surface area contributed by atoms with Gasteiger partial charge in [-0.3, -0.25) is 0 Å². The maximum absolute atomic E-state index is 11.8. The van der Waals surface area contributed by atoms with Crippen LogP contribution in [0.25, 0.3) is 0 Å². The minimum Gasteiger partial charge on any atom is -0.444 e. The highest BCUT2D eigenvalue weighted by molar-refractivity contribution is 7.19. The van der Waals surface area contributed by atoms with Gasteiger partial charge in [-0.1, -0.05) is 30.9 Å². The first kappa shape index (κ1) is 24.3. The molecular weight excluding hydrogens is 414 g/mol. The predicted molar refractivity (Wildman–Crippen MR) is 127 cm³/mol. The van der Waals surface area contributed by atoms with Gasteiger partial charge in [-0.25, -0.2) is 19.8 Å². The van der Waals surface area contributed by atoms with E-state index in [4.69, 9.17) is 4.74 Å². The molecule has 2 heterocycles. The highest BCUT2D eigenvalue weighted by atomic mass is 32.1. The molecule has 1 amide bonds. The van der Waals surface area contributed by atoms with Crippen LogP contribution in [0.15, 0.2) is 29.9 Å². The number of aryl methyl sites for hydroxylation is 1. The number of ether oxygens (including phenoxy) is 1. The van der Waals surface area contributed by atoms with E-state index < -0.39 is 11.7 Å². The molecule has 0 aliphatic rings. The Morgan fingerprint density at radius 1 is 1.39 bits per heavy atom. The molecule has 0 aliphatic carbocycles. The van der Waals surface area contributed by atoms with Crippen LogP contribution < -0.4 is 16.0 Å². The molecule has 0 aromatic carbocycles. The molecule has 0 bridgehead atoms. The molecule has 2 aromatic rings. The number of anilines is 3. The highest BCUT2D eigenvalue weighted by Crippen LogP contribution is 2.28. The molecule has 2 aromatic heterocycles. The number of aliphatic imine (C=N–C) groups is 1. The van der Waals surface area contributed by atoms with Crippen molar-refractivity contribution in [2.45, 2.75) is 59.1 Å². The Balaban J connectivity index is 1.95. The number of hydrogen-bond acceptors (Lipinski definition) is 9. The molecule has 0 saturated carbocycles. The van der Waals surface area contributed by atoms with Gasteiger partial charge in [-0.2, -0.15) is 4.98 Å². The van der Waals surface area contributed by atoms with E-state index >= 15 is 0 Å². The fraction of sp³-hybridized carbons (Fsp3) is 0.476. The summed E-state index contributed by atoms with van der Waals surface area (Å²) in [5.74, 6) is 1.17. The van der Waals surface area contributed by atoms with E-state index in [0.29, 0.717) is 29.9 Å². The number of allylic oxidation sites excluding steroid dienone is 1. The minimum absolute atomic E-state index is 0.101. The Morgan fingerprint density at radius 3 is 2.84 bits per heavy atom. The third-order valence-corrected chi connectivity index (χ3v) is 4.70. The molecule has 0 fully saturated rings. The van der Waals surface area contributed by atoms with E-state index in [-0.39, 0.29) is 6.04 Å². The lowest BCUT2D eigenvalue weighted by atomic mass is 10.1. The molecule has 9 nitrogen and oxygen atoms in total. The fourth-order valence-electron chi connectivity index (χ4n) is 2.54. The van der Waals surface area contributed by atoms with Gasteiger partial charge in [0, 0.05) is 30.6 Å². The summed E-state index contributed by atoms with van der Waals surface area (Å²) in [6, 6.07) is 1.95. The number of carbonyl (C=O) groups excluding carboxylic acids is 1. The minimum atomic E-state index is -0.512. The number of hydrogen-bond donors (Lipinski definition) is 3. The summed E-state index contributed by atoms with van der Waals surface area (Å²) in [5.41, 5.74) is 0.310. The normalized spacial score (nSPS) is 12.4. The third kappa shape index (κ3) is 9.12. The van der Waals surface area contributed by atoms with Gasteiger partial charge in [0.1, 0.15) is 16.4 Å². The maximum atomic E-state index is 11.8. The molecule has 168 valence electrons. The van der Waals surface area contributed by atoms with Crippen molar-refractivity contribution in [3.63, 3.8) is 0 Å². The number of alkyl carbamates (subject to hydrolysis) is 1. The van der Waals surface area contributed by atoms with E-state index in [1.807, 2.05) is 33.8 Å². The first-order chi connectivity index (χ1) is 14.7. The average molecular weight is 446 g/mol. The third-order valence-electron chi connectivity index (χ3n) is 3.88. The summed E-state index contributed by atoms with van der Waals surface area (Å²) in [7, 11) is 0. The first-order valence-electron chi connectivity index (χ1n) is 10.2. The van der Waals surface area contributed by atoms with Crippen molar-refractivity contribution < 1.29 is 9.53 Å². The molecule has 2 rings (SSSR count). The van der Waals surface area contributed by atoms with Crippen molar-refractivity contribution in [2.75, 3.05) is 17.2 Å².